The number of benzene rings is 1. The number of rotatable bonds is 4. The van der Waals surface area contributed by atoms with Gasteiger partial charge in [0.15, 0.2) is 0 Å². The zero-order chi connectivity index (χ0) is 15.5. The van der Waals surface area contributed by atoms with Crippen molar-refractivity contribution in [2.24, 2.45) is 5.11 Å². The first kappa shape index (κ1) is 15.3. The van der Waals surface area contributed by atoms with Crippen molar-refractivity contribution in [3.8, 4) is 0 Å². The number of carbonyl (C=O) groups is 1. The first-order valence-corrected chi connectivity index (χ1v) is 7.63. The Morgan fingerprint density at radius 2 is 2.10 bits per heavy atom. The molecule has 1 fully saturated rings. The molecule has 8 nitrogen and oxygen atoms in total. The zero-order valence-electron chi connectivity index (χ0n) is 11.3. The van der Waals surface area contributed by atoms with Crippen LogP contribution in [0.3, 0.4) is 0 Å². The van der Waals surface area contributed by atoms with Gasteiger partial charge in [-0.2, -0.15) is 4.31 Å². The predicted octanol–water partition coefficient (Wildman–Crippen LogP) is 1.30. The third-order valence-electron chi connectivity index (χ3n) is 3.27. The van der Waals surface area contributed by atoms with Crippen molar-refractivity contribution in [2.75, 3.05) is 13.7 Å². The zero-order valence-corrected chi connectivity index (χ0v) is 12.1. The number of nitrogens with zero attached hydrogens (tertiary/aromatic N) is 4. The minimum absolute atomic E-state index is 0.0406. The van der Waals surface area contributed by atoms with Crippen molar-refractivity contribution in [1.29, 1.82) is 0 Å². The third kappa shape index (κ3) is 2.99. The fourth-order valence-corrected chi connectivity index (χ4v) is 3.93. The van der Waals surface area contributed by atoms with Crippen LogP contribution in [-0.2, 0) is 19.6 Å². The molecule has 2 atom stereocenters. The maximum absolute atomic E-state index is 12.6. The Morgan fingerprint density at radius 1 is 1.43 bits per heavy atom. The summed E-state index contributed by atoms with van der Waals surface area (Å²) < 4.78 is 30.9. The van der Waals surface area contributed by atoms with Crippen LogP contribution in [0.15, 0.2) is 40.3 Å². The number of ether oxygens (including phenoxy) is 1. The van der Waals surface area contributed by atoms with Crippen molar-refractivity contribution in [1.82, 2.24) is 4.31 Å². The smallest absolute Gasteiger partial charge is 0.324 e. The Morgan fingerprint density at radius 3 is 2.67 bits per heavy atom. The summed E-state index contributed by atoms with van der Waals surface area (Å²) >= 11 is 0. The lowest BCUT2D eigenvalue weighted by Gasteiger charge is -2.21. The minimum atomic E-state index is -3.85. The van der Waals surface area contributed by atoms with Crippen LogP contribution in [0, 0.1) is 0 Å². The number of azide groups is 1. The van der Waals surface area contributed by atoms with Crippen LogP contribution < -0.4 is 0 Å². The monoisotopic (exact) mass is 310 g/mol. The van der Waals surface area contributed by atoms with Crippen molar-refractivity contribution in [3.05, 3.63) is 40.8 Å². The van der Waals surface area contributed by atoms with E-state index < -0.39 is 28.1 Å². The van der Waals surface area contributed by atoms with E-state index in [-0.39, 0.29) is 17.9 Å². The van der Waals surface area contributed by atoms with Gasteiger partial charge in [-0.1, -0.05) is 23.3 Å². The van der Waals surface area contributed by atoms with E-state index >= 15 is 0 Å². The molecule has 2 rings (SSSR count). The fraction of sp³-hybridized carbons (Fsp3) is 0.417. The van der Waals surface area contributed by atoms with Gasteiger partial charge >= 0.3 is 5.97 Å². The van der Waals surface area contributed by atoms with Crippen LogP contribution in [0.2, 0.25) is 0 Å². The van der Waals surface area contributed by atoms with Crippen LogP contribution in [0.5, 0.6) is 0 Å². The fourth-order valence-electron chi connectivity index (χ4n) is 2.28. The molecular formula is C12H14N4O4S. The summed E-state index contributed by atoms with van der Waals surface area (Å²) in [6.07, 6.45) is 0.114. The van der Waals surface area contributed by atoms with E-state index in [1.165, 1.54) is 19.2 Å². The Hall–Kier alpha value is -2.09. The SMILES string of the molecule is COC(=O)[C@H]1C[C@@H](N=[N+]=[N-])CN1S(=O)(=O)c1ccccc1. The van der Waals surface area contributed by atoms with E-state index in [1.54, 1.807) is 18.2 Å². The molecule has 0 unspecified atom stereocenters. The summed E-state index contributed by atoms with van der Waals surface area (Å²) in [5.41, 5.74) is 8.49. The van der Waals surface area contributed by atoms with Crippen LogP contribution in [0.1, 0.15) is 6.42 Å². The average molecular weight is 310 g/mol. The number of hydrogen-bond acceptors (Lipinski definition) is 5. The number of hydrogen-bond donors (Lipinski definition) is 0. The highest BCUT2D eigenvalue weighted by atomic mass is 32.2. The van der Waals surface area contributed by atoms with Crippen LogP contribution in [-0.4, -0.2) is 44.4 Å². The van der Waals surface area contributed by atoms with Crippen molar-refractivity contribution in [3.63, 3.8) is 0 Å². The standard InChI is InChI=1S/C12H14N4O4S/c1-20-12(17)11-7-9(14-15-13)8-16(11)21(18,19)10-5-3-2-4-6-10/h2-6,9,11H,7-8H2,1H3/t9-,11-/m1/s1. The molecule has 1 aromatic rings. The molecule has 0 amide bonds. The molecule has 0 spiro atoms. The topological polar surface area (TPSA) is 112 Å². The normalized spacial score (nSPS) is 22.5. The van der Waals surface area contributed by atoms with Gasteiger partial charge in [-0.15, -0.1) is 0 Å². The summed E-state index contributed by atoms with van der Waals surface area (Å²) in [6.45, 7) is -0.0406. The number of sulfonamides is 1. The van der Waals surface area contributed by atoms with Crippen molar-refractivity contribution >= 4 is 16.0 Å². The quantitative estimate of drug-likeness (QED) is 0.361. The molecule has 9 heteroatoms. The summed E-state index contributed by atoms with van der Waals surface area (Å²) in [6, 6.07) is 6.23. The van der Waals surface area contributed by atoms with Crippen molar-refractivity contribution < 1.29 is 17.9 Å². The highest BCUT2D eigenvalue weighted by Crippen LogP contribution is 2.28. The molecule has 1 heterocycles. The molecule has 112 valence electrons. The Balaban J connectivity index is 2.39. The predicted molar refractivity (Wildman–Crippen MR) is 73.7 cm³/mol. The lowest BCUT2D eigenvalue weighted by Crippen LogP contribution is -2.41. The van der Waals surface area contributed by atoms with Gasteiger partial charge < -0.3 is 4.74 Å². The first-order valence-electron chi connectivity index (χ1n) is 6.19. The Kier molecular flexibility index (Phi) is 4.46. The maximum atomic E-state index is 12.6. The molecule has 0 N–H and O–H groups in total. The van der Waals surface area contributed by atoms with Gasteiger partial charge in [-0.3, -0.25) is 4.79 Å². The minimum Gasteiger partial charge on any atom is -0.468 e. The van der Waals surface area contributed by atoms with E-state index in [0.29, 0.717) is 0 Å². The number of esters is 1. The van der Waals surface area contributed by atoms with Crippen molar-refractivity contribution in [2.45, 2.75) is 23.4 Å². The second kappa shape index (κ2) is 6.13. The number of methoxy groups -OCH3 is 1. The summed E-state index contributed by atoms with van der Waals surface area (Å²) in [4.78, 5) is 14.6. The van der Waals surface area contributed by atoms with Gasteiger partial charge in [0.2, 0.25) is 10.0 Å². The molecule has 0 aliphatic carbocycles. The Bertz CT molecular complexity index is 670. The maximum Gasteiger partial charge on any atom is 0.324 e. The second-order valence-electron chi connectivity index (χ2n) is 4.52. The lowest BCUT2D eigenvalue weighted by atomic mass is 10.2. The molecule has 0 saturated carbocycles. The van der Waals surface area contributed by atoms with Crippen LogP contribution in [0.25, 0.3) is 10.4 Å². The van der Waals surface area contributed by atoms with E-state index in [2.05, 4.69) is 14.8 Å². The lowest BCUT2D eigenvalue weighted by molar-refractivity contribution is -0.144. The van der Waals surface area contributed by atoms with E-state index in [0.717, 1.165) is 4.31 Å². The second-order valence-corrected chi connectivity index (χ2v) is 6.41. The molecule has 1 saturated heterocycles. The van der Waals surface area contributed by atoms with Gasteiger partial charge in [0.25, 0.3) is 0 Å². The van der Waals surface area contributed by atoms with Crippen LogP contribution in [0.4, 0.5) is 0 Å². The summed E-state index contributed by atoms with van der Waals surface area (Å²) in [7, 11) is -2.65. The molecule has 1 aromatic carbocycles. The third-order valence-corrected chi connectivity index (χ3v) is 5.16. The number of carbonyl (C=O) groups excluding carboxylic acids is 1. The highest BCUT2D eigenvalue weighted by Gasteiger charge is 2.44. The summed E-state index contributed by atoms with van der Waals surface area (Å²) in [5, 5.41) is 3.51. The largest absolute Gasteiger partial charge is 0.468 e. The molecule has 1 aliphatic rings. The molecule has 0 aromatic heterocycles. The van der Waals surface area contributed by atoms with Crippen LogP contribution >= 0.6 is 0 Å². The van der Waals surface area contributed by atoms with Gasteiger partial charge in [-0.25, -0.2) is 8.42 Å². The molecule has 1 aliphatic heterocycles. The average Bonchev–Trinajstić information content (AvgIpc) is 2.92. The van der Waals surface area contributed by atoms with E-state index in [9.17, 15) is 13.2 Å². The first-order chi connectivity index (χ1) is 10.0. The highest BCUT2D eigenvalue weighted by molar-refractivity contribution is 7.89. The van der Waals surface area contributed by atoms with Gasteiger partial charge in [0, 0.05) is 11.5 Å². The molecule has 0 radical (unpaired) electrons. The van der Waals surface area contributed by atoms with Gasteiger partial charge in [-0.05, 0) is 24.1 Å². The summed E-state index contributed by atoms with van der Waals surface area (Å²) in [5.74, 6) is -0.662. The molecule has 21 heavy (non-hydrogen) atoms. The van der Waals surface area contributed by atoms with E-state index in [4.69, 9.17) is 5.53 Å². The Labute approximate surface area is 122 Å². The molecule has 0 bridgehead atoms. The van der Waals surface area contributed by atoms with E-state index in [1.807, 2.05) is 0 Å². The van der Waals surface area contributed by atoms with Gasteiger partial charge in [0.05, 0.1) is 18.0 Å². The molecular weight excluding hydrogens is 296 g/mol. The van der Waals surface area contributed by atoms with Gasteiger partial charge in [0.1, 0.15) is 6.04 Å².